The SMILES string of the molecule is COc1ccc(CC(=O)N(C)CCC2CCCCN2)cc1. The van der Waals surface area contributed by atoms with Gasteiger partial charge in [0.15, 0.2) is 0 Å². The number of nitrogens with one attached hydrogen (secondary N) is 1. The van der Waals surface area contributed by atoms with Gasteiger partial charge in [-0.3, -0.25) is 4.79 Å². The van der Waals surface area contributed by atoms with Crippen LogP contribution >= 0.6 is 0 Å². The summed E-state index contributed by atoms with van der Waals surface area (Å²) in [6.07, 6.45) is 5.33. The smallest absolute Gasteiger partial charge is 0.226 e. The molecule has 4 nitrogen and oxygen atoms in total. The molecule has 0 saturated carbocycles. The molecule has 1 aliphatic heterocycles. The number of methoxy groups -OCH3 is 1. The lowest BCUT2D eigenvalue weighted by Gasteiger charge is -2.26. The molecule has 1 aromatic rings. The highest BCUT2D eigenvalue weighted by molar-refractivity contribution is 5.78. The molecule has 1 heterocycles. The minimum atomic E-state index is 0.177. The Balaban J connectivity index is 1.75. The van der Waals surface area contributed by atoms with E-state index in [0.717, 1.165) is 30.8 Å². The maximum Gasteiger partial charge on any atom is 0.226 e. The zero-order valence-electron chi connectivity index (χ0n) is 13.1. The Bertz CT molecular complexity index is 439. The van der Waals surface area contributed by atoms with Crippen LogP contribution in [0, 0.1) is 0 Å². The molecule has 1 atom stereocenters. The molecule has 2 rings (SSSR count). The van der Waals surface area contributed by atoms with E-state index in [1.54, 1.807) is 7.11 Å². The van der Waals surface area contributed by atoms with Gasteiger partial charge in [-0.2, -0.15) is 0 Å². The third kappa shape index (κ3) is 5.05. The standard InChI is InChI=1S/C17H26N2O2/c1-19(12-10-15-5-3-4-11-18-15)17(20)13-14-6-8-16(21-2)9-7-14/h6-9,15,18H,3-5,10-13H2,1-2H3. The minimum Gasteiger partial charge on any atom is -0.497 e. The van der Waals surface area contributed by atoms with Gasteiger partial charge >= 0.3 is 0 Å². The third-order valence-electron chi connectivity index (χ3n) is 4.17. The summed E-state index contributed by atoms with van der Waals surface area (Å²) in [4.78, 5) is 14.1. The van der Waals surface area contributed by atoms with Crippen LogP contribution < -0.4 is 10.1 Å². The number of amides is 1. The molecule has 0 spiro atoms. The van der Waals surface area contributed by atoms with Gasteiger partial charge in [-0.15, -0.1) is 0 Å². The van der Waals surface area contributed by atoms with Gasteiger partial charge in [-0.1, -0.05) is 18.6 Å². The van der Waals surface area contributed by atoms with Crippen LogP contribution in [0.5, 0.6) is 5.75 Å². The highest BCUT2D eigenvalue weighted by atomic mass is 16.5. The average Bonchev–Trinajstić information content (AvgIpc) is 2.54. The second kappa shape index (κ2) is 8.03. The Morgan fingerprint density at radius 1 is 1.33 bits per heavy atom. The molecule has 1 saturated heterocycles. The summed E-state index contributed by atoms with van der Waals surface area (Å²) in [6, 6.07) is 8.28. The first-order chi connectivity index (χ1) is 10.2. The molecule has 0 bridgehead atoms. The van der Waals surface area contributed by atoms with Crippen molar-refractivity contribution in [2.75, 3.05) is 27.2 Å². The predicted octanol–water partition coefficient (Wildman–Crippen LogP) is 2.23. The van der Waals surface area contributed by atoms with E-state index in [0.29, 0.717) is 12.5 Å². The average molecular weight is 290 g/mol. The van der Waals surface area contributed by atoms with Crippen LogP contribution in [0.25, 0.3) is 0 Å². The lowest BCUT2D eigenvalue weighted by molar-refractivity contribution is -0.129. The van der Waals surface area contributed by atoms with Crippen molar-refractivity contribution in [1.82, 2.24) is 10.2 Å². The van der Waals surface area contributed by atoms with Crippen LogP contribution in [0.3, 0.4) is 0 Å². The molecule has 1 unspecified atom stereocenters. The fourth-order valence-electron chi connectivity index (χ4n) is 2.70. The maximum absolute atomic E-state index is 12.2. The number of hydrogen-bond donors (Lipinski definition) is 1. The van der Waals surface area contributed by atoms with E-state index < -0.39 is 0 Å². The predicted molar refractivity (Wildman–Crippen MR) is 84.6 cm³/mol. The Morgan fingerprint density at radius 3 is 2.71 bits per heavy atom. The monoisotopic (exact) mass is 290 g/mol. The van der Waals surface area contributed by atoms with Crippen LogP contribution in [0.1, 0.15) is 31.2 Å². The van der Waals surface area contributed by atoms with E-state index in [1.807, 2.05) is 36.2 Å². The molecule has 1 amide bonds. The van der Waals surface area contributed by atoms with E-state index in [-0.39, 0.29) is 5.91 Å². The van der Waals surface area contributed by atoms with Gasteiger partial charge < -0.3 is 15.0 Å². The van der Waals surface area contributed by atoms with E-state index in [2.05, 4.69) is 5.32 Å². The summed E-state index contributed by atoms with van der Waals surface area (Å²) < 4.78 is 5.13. The van der Waals surface area contributed by atoms with E-state index >= 15 is 0 Å². The lowest BCUT2D eigenvalue weighted by Crippen LogP contribution is -2.38. The molecule has 0 aromatic heterocycles. The number of rotatable bonds is 6. The first-order valence-corrected chi connectivity index (χ1v) is 7.79. The largest absolute Gasteiger partial charge is 0.497 e. The maximum atomic E-state index is 12.2. The van der Waals surface area contributed by atoms with Gasteiger partial charge in [-0.05, 0) is 43.5 Å². The van der Waals surface area contributed by atoms with Gasteiger partial charge in [0.05, 0.1) is 13.5 Å². The normalized spacial score (nSPS) is 18.3. The van der Waals surface area contributed by atoms with Crippen molar-refractivity contribution >= 4 is 5.91 Å². The molecule has 1 N–H and O–H groups in total. The Labute approximate surface area is 127 Å². The summed E-state index contributed by atoms with van der Waals surface area (Å²) in [5.74, 6) is 0.999. The summed E-state index contributed by atoms with van der Waals surface area (Å²) in [6.45, 7) is 1.95. The van der Waals surface area contributed by atoms with Crippen molar-refractivity contribution in [2.24, 2.45) is 0 Å². The second-order valence-electron chi connectivity index (χ2n) is 5.78. The quantitative estimate of drug-likeness (QED) is 0.873. The molecule has 0 radical (unpaired) electrons. The first-order valence-electron chi connectivity index (χ1n) is 7.79. The summed E-state index contributed by atoms with van der Waals surface area (Å²) >= 11 is 0. The number of likely N-dealkylation sites (N-methyl/N-ethyl adjacent to an activating group) is 1. The van der Waals surface area contributed by atoms with Crippen molar-refractivity contribution in [3.05, 3.63) is 29.8 Å². The number of hydrogen-bond acceptors (Lipinski definition) is 3. The van der Waals surface area contributed by atoms with E-state index in [4.69, 9.17) is 4.74 Å². The van der Waals surface area contributed by atoms with Gasteiger partial charge in [0.2, 0.25) is 5.91 Å². The van der Waals surface area contributed by atoms with Crippen molar-refractivity contribution < 1.29 is 9.53 Å². The second-order valence-corrected chi connectivity index (χ2v) is 5.78. The molecule has 1 fully saturated rings. The minimum absolute atomic E-state index is 0.177. The molecule has 0 aliphatic carbocycles. The fourth-order valence-corrected chi connectivity index (χ4v) is 2.70. The molecular weight excluding hydrogens is 264 g/mol. The number of nitrogens with zero attached hydrogens (tertiary/aromatic N) is 1. The highest BCUT2D eigenvalue weighted by Crippen LogP contribution is 2.13. The topological polar surface area (TPSA) is 41.6 Å². The first kappa shape index (κ1) is 15.8. The number of benzene rings is 1. The Hall–Kier alpha value is -1.55. The van der Waals surface area contributed by atoms with Crippen molar-refractivity contribution in [3.63, 3.8) is 0 Å². The van der Waals surface area contributed by atoms with Crippen LogP contribution in [0.4, 0.5) is 0 Å². The summed E-state index contributed by atoms with van der Waals surface area (Å²) in [5.41, 5.74) is 1.03. The molecule has 21 heavy (non-hydrogen) atoms. The van der Waals surface area contributed by atoms with Gasteiger partial charge in [0, 0.05) is 19.6 Å². The van der Waals surface area contributed by atoms with Crippen LogP contribution in [0.2, 0.25) is 0 Å². The van der Waals surface area contributed by atoms with E-state index in [9.17, 15) is 4.79 Å². The molecule has 116 valence electrons. The van der Waals surface area contributed by atoms with Gasteiger partial charge in [0.1, 0.15) is 5.75 Å². The van der Waals surface area contributed by atoms with E-state index in [1.165, 1.54) is 19.3 Å². The van der Waals surface area contributed by atoms with Crippen LogP contribution in [-0.2, 0) is 11.2 Å². The summed E-state index contributed by atoms with van der Waals surface area (Å²) in [7, 11) is 3.54. The van der Waals surface area contributed by atoms with Crippen molar-refractivity contribution in [2.45, 2.75) is 38.1 Å². The lowest BCUT2D eigenvalue weighted by atomic mass is 10.0. The number of carbonyl (C=O) groups is 1. The summed E-state index contributed by atoms with van der Waals surface area (Å²) in [5, 5.41) is 3.52. The molecule has 4 heteroatoms. The van der Waals surface area contributed by atoms with Crippen LogP contribution in [-0.4, -0.2) is 44.1 Å². The van der Waals surface area contributed by atoms with Crippen LogP contribution in [0.15, 0.2) is 24.3 Å². The van der Waals surface area contributed by atoms with Gasteiger partial charge in [-0.25, -0.2) is 0 Å². The fraction of sp³-hybridized carbons (Fsp3) is 0.588. The highest BCUT2D eigenvalue weighted by Gasteiger charge is 2.15. The molecule has 1 aromatic carbocycles. The third-order valence-corrected chi connectivity index (χ3v) is 4.17. The number of ether oxygens (including phenoxy) is 1. The molecule has 1 aliphatic rings. The van der Waals surface area contributed by atoms with Gasteiger partial charge in [0.25, 0.3) is 0 Å². The van der Waals surface area contributed by atoms with Crippen molar-refractivity contribution in [3.8, 4) is 5.75 Å². The number of carbonyl (C=O) groups excluding carboxylic acids is 1. The Morgan fingerprint density at radius 2 is 2.10 bits per heavy atom. The Kier molecular flexibility index (Phi) is 6.05. The zero-order chi connectivity index (χ0) is 15.1. The van der Waals surface area contributed by atoms with Crippen molar-refractivity contribution in [1.29, 1.82) is 0 Å². The molecular formula is C17H26N2O2. The number of piperidine rings is 1. The zero-order valence-corrected chi connectivity index (χ0v) is 13.1.